The van der Waals surface area contributed by atoms with Gasteiger partial charge < -0.3 is 19.9 Å². The summed E-state index contributed by atoms with van der Waals surface area (Å²) in [6.45, 7) is 7.99. The first-order valence-corrected chi connectivity index (χ1v) is 13.9. The highest BCUT2D eigenvalue weighted by molar-refractivity contribution is 5.94. The number of benzene rings is 1. The lowest BCUT2D eigenvalue weighted by Crippen LogP contribution is -2.49. The smallest absolute Gasteiger partial charge is 0.410 e. The third kappa shape index (κ3) is 5.75. The zero-order chi connectivity index (χ0) is 26.8. The minimum Gasteiger partial charge on any atom is -0.450 e. The van der Waals surface area contributed by atoms with E-state index in [0.29, 0.717) is 31.2 Å². The van der Waals surface area contributed by atoms with E-state index >= 15 is 0 Å². The number of hydrogen-bond donors (Lipinski definition) is 1. The zero-order valence-electron chi connectivity index (χ0n) is 22.4. The Morgan fingerprint density at radius 2 is 1.82 bits per heavy atom. The number of piperazine rings is 1. The standard InChI is InChI=1S/C29H35N7O3/c1-2-39-29(38)35-14-11-22(12-15-35)25-4-3-13-36-26(25)31-28(32-36)30-24-9-7-23(8-10-24)27(37)34-18-16-33(17-19-34)20-21-5-6-21/h3-4,7-11,13,21H,2,5-6,12,14-20H2,1H3,(H,30,32). The van der Waals surface area contributed by atoms with Crippen molar-refractivity contribution in [1.82, 2.24) is 29.3 Å². The number of ether oxygens (including phenoxy) is 1. The van der Waals surface area contributed by atoms with Crippen molar-refractivity contribution in [3.05, 3.63) is 59.8 Å². The monoisotopic (exact) mass is 529 g/mol. The Labute approximate surface area is 228 Å². The molecule has 1 aliphatic carbocycles. The number of hydrogen-bond acceptors (Lipinski definition) is 7. The van der Waals surface area contributed by atoms with E-state index in [4.69, 9.17) is 9.72 Å². The quantitative estimate of drug-likeness (QED) is 0.496. The SMILES string of the molecule is CCOC(=O)N1CC=C(c2cccn3nc(Nc4ccc(C(=O)N5CCN(CC6CC6)CC5)cc4)nc23)CC1. The van der Waals surface area contributed by atoms with Crippen LogP contribution in [0.3, 0.4) is 0 Å². The fraction of sp³-hybridized carbons (Fsp3) is 0.448. The maximum Gasteiger partial charge on any atom is 0.410 e. The summed E-state index contributed by atoms with van der Waals surface area (Å²) < 4.78 is 6.88. The van der Waals surface area contributed by atoms with Crippen molar-refractivity contribution in [2.45, 2.75) is 26.2 Å². The molecular weight excluding hydrogens is 494 g/mol. The molecule has 10 nitrogen and oxygen atoms in total. The van der Waals surface area contributed by atoms with Gasteiger partial charge in [0.2, 0.25) is 5.95 Å². The highest BCUT2D eigenvalue weighted by Gasteiger charge is 2.28. The molecule has 204 valence electrons. The number of carbonyl (C=O) groups is 2. The van der Waals surface area contributed by atoms with E-state index < -0.39 is 0 Å². The molecule has 1 aromatic carbocycles. The summed E-state index contributed by atoms with van der Waals surface area (Å²) in [4.78, 5) is 36.0. The van der Waals surface area contributed by atoms with E-state index in [9.17, 15) is 9.59 Å². The summed E-state index contributed by atoms with van der Waals surface area (Å²) in [7, 11) is 0. The molecule has 4 heterocycles. The molecule has 0 atom stereocenters. The van der Waals surface area contributed by atoms with Gasteiger partial charge in [0.05, 0.1) is 6.61 Å². The number of nitrogens with one attached hydrogen (secondary N) is 1. The second kappa shape index (κ2) is 11.1. The average molecular weight is 530 g/mol. The zero-order valence-corrected chi connectivity index (χ0v) is 22.4. The topological polar surface area (TPSA) is 95.3 Å². The number of aromatic nitrogens is 3. The molecule has 1 saturated carbocycles. The lowest BCUT2D eigenvalue weighted by Gasteiger charge is -2.34. The number of rotatable bonds is 7. The van der Waals surface area contributed by atoms with Crippen LogP contribution in [0.15, 0.2) is 48.7 Å². The molecular formula is C29H35N7O3. The molecule has 0 unspecified atom stereocenters. The van der Waals surface area contributed by atoms with Crippen molar-refractivity contribution in [3.8, 4) is 0 Å². The van der Waals surface area contributed by atoms with Crippen molar-refractivity contribution in [3.63, 3.8) is 0 Å². The number of carbonyl (C=O) groups excluding carboxylic acids is 2. The lowest BCUT2D eigenvalue weighted by atomic mass is 10.0. The summed E-state index contributed by atoms with van der Waals surface area (Å²) in [5.74, 6) is 1.46. The summed E-state index contributed by atoms with van der Waals surface area (Å²) in [5.41, 5.74) is 4.40. The van der Waals surface area contributed by atoms with Crippen LogP contribution < -0.4 is 5.32 Å². The maximum atomic E-state index is 13.0. The Balaban J connectivity index is 1.09. The highest BCUT2D eigenvalue weighted by atomic mass is 16.6. The first kappa shape index (κ1) is 25.4. The first-order chi connectivity index (χ1) is 19.1. The minimum absolute atomic E-state index is 0.0883. The van der Waals surface area contributed by atoms with Gasteiger partial charge in [0.1, 0.15) is 0 Å². The molecule has 1 N–H and O–H groups in total. The van der Waals surface area contributed by atoms with Crippen LogP contribution in [-0.4, -0.2) is 93.7 Å². The van der Waals surface area contributed by atoms with Gasteiger partial charge in [-0.3, -0.25) is 9.69 Å². The predicted octanol–water partition coefficient (Wildman–Crippen LogP) is 3.89. The van der Waals surface area contributed by atoms with Crippen LogP contribution in [0.5, 0.6) is 0 Å². The molecule has 0 spiro atoms. The lowest BCUT2D eigenvalue weighted by molar-refractivity contribution is 0.0632. The molecule has 10 heteroatoms. The predicted molar refractivity (Wildman–Crippen MR) is 149 cm³/mol. The molecule has 1 saturated heterocycles. The molecule has 0 radical (unpaired) electrons. The second-order valence-corrected chi connectivity index (χ2v) is 10.5. The van der Waals surface area contributed by atoms with E-state index in [-0.39, 0.29) is 12.0 Å². The van der Waals surface area contributed by atoms with Gasteiger partial charge >= 0.3 is 6.09 Å². The third-order valence-electron chi connectivity index (χ3n) is 7.70. The van der Waals surface area contributed by atoms with Gasteiger partial charge in [-0.2, -0.15) is 4.98 Å². The van der Waals surface area contributed by atoms with E-state index in [2.05, 4.69) is 21.4 Å². The Bertz CT molecular complexity index is 1370. The Hall–Kier alpha value is -3.92. The van der Waals surface area contributed by atoms with Crippen LogP contribution in [0.4, 0.5) is 16.4 Å². The van der Waals surface area contributed by atoms with Gasteiger partial charge in [-0.05, 0) is 74.1 Å². The molecule has 3 aliphatic rings. The summed E-state index contributed by atoms with van der Waals surface area (Å²) >= 11 is 0. The third-order valence-corrected chi connectivity index (χ3v) is 7.70. The van der Waals surface area contributed by atoms with Gasteiger partial charge in [-0.15, -0.1) is 5.10 Å². The van der Waals surface area contributed by atoms with Gasteiger partial charge in [0, 0.05) is 68.8 Å². The Morgan fingerprint density at radius 1 is 1.03 bits per heavy atom. The number of fused-ring (bicyclic) bond motifs is 1. The normalized spacial score (nSPS) is 18.2. The summed E-state index contributed by atoms with van der Waals surface area (Å²) in [6.07, 6.45) is 7.09. The molecule has 0 bridgehead atoms. The Morgan fingerprint density at radius 3 is 2.51 bits per heavy atom. The highest BCUT2D eigenvalue weighted by Crippen LogP contribution is 2.30. The number of nitrogens with zero attached hydrogens (tertiary/aromatic N) is 6. The van der Waals surface area contributed by atoms with Crippen molar-refractivity contribution in [1.29, 1.82) is 0 Å². The average Bonchev–Trinajstić information content (AvgIpc) is 3.69. The van der Waals surface area contributed by atoms with Crippen molar-refractivity contribution in [2.75, 3.05) is 57.7 Å². The van der Waals surface area contributed by atoms with Crippen LogP contribution in [0.2, 0.25) is 0 Å². The van der Waals surface area contributed by atoms with Crippen LogP contribution in [0.1, 0.15) is 42.1 Å². The van der Waals surface area contributed by atoms with E-state index in [0.717, 1.165) is 61.0 Å². The van der Waals surface area contributed by atoms with Gasteiger partial charge in [0.15, 0.2) is 5.65 Å². The van der Waals surface area contributed by atoms with Crippen molar-refractivity contribution < 1.29 is 14.3 Å². The molecule has 3 aromatic rings. The summed E-state index contributed by atoms with van der Waals surface area (Å²) in [5, 5.41) is 7.87. The second-order valence-electron chi connectivity index (χ2n) is 10.5. The fourth-order valence-electron chi connectivity index (χ4n) is 5.31. The van der Waals surface area contributed by atoms with Gasteiger partial charge in [-0.1, -0.05) is 6.08 Å². The largest absolute Gasteiger partial charge is 0.450 e. The number of pyridine rings is 1. The molecule has 2 aromatic heterocycles. The number of amides is 2. The number of anilines is 2. The molecule has 39 heavy (non-hydrogen) atoms. The maximum absolute atomic E-state index is 13.0. The summed E-state index contributed by atoms with van der Waals surface area (Å²) in [6, 6.07) is 11.5. The van der Waals surface area contributed by atoms with Crippen LogP contribution in [0.25, 0.3) is 11.2 Å². The fourth-order valence-corrected chi connectivity index (χ4v) is 5.31. The van der Waals surface area contributed by atoms with Crippen molar-refractivity contribution >= 4 is 34.9 Å². The van der Waals surface area contributed by atoms with Crippen LogP contribution in [-0.2, 0) is 4.74 Å². The molecule has 2 aliphatic heterocycles. The Kier molecular flexibility index (Phi) is 7.19. The van der Waals surface area contributed by atoms with E-state index in [1.165, 1.54) is 19.4 Å². The van der Waals surface area contributed by atoms with Gasteiger partial charge in [-0.25, -0.2) is 9.31 Å². The van der Waals surface area contributed by atoms with Crippen LogP contribution in [0, 0.1) is 5.92 Å². The van der Waals surface area contributed by atoms with Crippen molar-refractivity contribution in [2.24, 2.45) is 5.92 Å². The van der Waals surface area contributed by atoms with E-state index in [1.54, 1.807) is 9.42 Å². The molecule has 2 fully saturated rings. The first-order valence-electron chi connectivity index (χ1n) is 13.9. The molecule has 6 rings (SSSR count). The van der Waals surface area contributed by atoms with Crippen LogP contribution >= 0.6 is 0 Å². The van der Waals surface area contributed by atoms with E-state index in [1.807, 2.05) is 54.4 Å². The minimum atomic E-state index is -0.279. The molecule has 2 amide bonds. The van der Waals surface area contributed by atoms with Gasteiger partial charge in [0.25, 0.3) is 5.91 Å².